The first-order valence-electron chi connectivity index (χ1n) is 7.84. The average Bonchev–Trinajstić information content (AvgIpc) is 2.96. The number of nitrogens with zero attached hydrogens (tertiary/aromatic N) is 1. The molecule has 2 aromatic rings. The third-order valence-electron chi connectivity index (χ3n) is 3.86. The van der Waals surface area contributed by atoms with Gasteiger partial charge in [-0.2, -0.15) is 0 Å². The second kappa shape index (κ2) is 6.71. The maximum atomic E-state index is 12.0. The van der Waals surface area contributed by atoms with Crippen molar-refractivity contribution in [1.29, 1.82) is 0 Å². The monoisotopic (exact) mass is 321 g/mol. The number of carbonyl (C=O) groups excluding carboxylic acids is 1. The average molecular weight is 321 g/mol. The van der Waals surface area contributed by atoms with E-state index in [1.165, 1.54) is 5.56 Å². The van der Waals surface area contributed by atoms with Gasteiger partial charge in [-0.3, -0.25) is 0 Å². The Morgan fingerprint density at radius 1 is 1.04 bits per heavy atom. The minimum atomic E-state index is -0.436. The molecule has 0 atom stereocenters. The van der Waals surface area contributed by atoms with Crippen LogP contribution in [0.2, 0.25) is 0 Å². The number of aliphatic imine (C=N–C) groups is 1. The fourth-order valence-electron chi connectivity index (χ4n) is 2.40. The Hall–Kier alpha value is -2.88. The summed E-state index contributed by atoms with van der Waals surface area (Å²) in [5.74, 6) is 1.13. The predicted molar refractivity (Wildman–Crippen MR) is 94.1 cm³/mol. The van der Waals surface area contributed by atoms with Crippen molar-refractivity contribution in [1.82, 2.24) is 0 Å². The first-order valence-corrected chi connectivity index (χ1v) is 7.84. The summed E-state index contributed by atoms with van der Waals surface area (Å²) in [5, 5.41) is 0. The van der Waals surface area contributed by atoms with E-state index in [4.69, 9.17) is 9.47 Å². The van der Waals surface area contributed by atoms with Crippen LogP contribution in [0.5, 0.6) is 5.75 Å². The van der Waals surface area contributed by atoms with Crippen molar-refractivity contribution in [3.05, 3.63) is 70.9 Å². The largest absolute Gasteiger partial charge is 0.497 e. The fraction of sp³-hybridized carbons (Fsp3) is 0.200. The van der Waals surface area contributed by atoms with E-state index in [9.17, 15) is 4.79 Å². The van der Waals surface area contributed by atoms with Crippen molar-refractivity contribution in [2.75, 3.05) is 7.11 Å². The van der Waals surface area contributed by atoms with Crippen LogP contribution < -0.4 is 4.74 Å². The highest BCUT2D eigenvalue weighted by Crippen LogP contribution is 2.22. The highest BCUT2D eigenvalue weighted by atomic mass is 16.6. The number of hydrogen-bond acceptors (Lipinski definition) is 4. The lowest BCUT2D eigenvalue weighted by molar-refractivity contribution is -0.129. The number of esters is 1. The van der Waals surface area contributed by atoms with Crippen LogP contribution >= 0.6 is 0 Å². The summed E-state index contributed by atoms with van der Waals surface area (Å²) in [5.41, 5.74) is 3.19. The third kappa shape index (κ3) is 3.38. The Kier molecular flexibility index (Phi) is 4.47. The number of cyclic esters (lactones) is 1. The zero-order valence-corrected chi connectivity index (χ0v) is 13.9. The number of ether oxygens (including phenoxy) is 2. The van der Waals surface area contributed by atoms with Crippen molar-refractivity contribution in [2.24, 2.45) is 4.99 Å². The molecule has 0 bridgehead atoms. The molecule has 2 aromatic carbocycles. The second-order valence-corrected chi connectivity index (χ2v) is 5.89. The van der Waals surface area contributed by atoms with Crippen LogP contribution in [-0.4, -0.2) is 19.0 Å². The van der Waals surface area contributed by atoms with Gasteiger partial charge in [-0.15, -0.1) is 0 Å². The minimum absolute atomic E-state index is 0.295. The highest BCUT2D eigenvalue weighted by Gasteiger charge is 2.24. The van der Waals surface area contributed by atoms with Gasteiger partial charge < -0.3 is 9.47 Å². The van der Waals surface area contributed by atoms with E-state index in [2.05, 4.69) is 18.8 Å². The van der Waals surface area contributed by atoms with Gasteiger partial charge in [0, 0.05) is 5.56 Å². The molecule has 0 unspecified atom stereocenters. The molecule has 0 radical (unpaired) electrons. The summed E-state index contributed by atoms with van der Waals surface area (Å²) < 4.78 is 10.4. The molecule has 1 aliphatic heterocycles. The molecular formula is C20H19NO3. The summed E-state index contributed by atoms with van der Waals surface area (Å²) in [4.78, 5) is 16.4. The smallest absolute Gasteiger partial charge is 0.363 e. The van der Waals surface area contributed by atoms with Crippen LogP contribution in [0.1, 0.15) is 36.5 Å². The first-order chi connectivity index (χ1) is 11.6. The fourth-order valence-corrected chi connectivity index (χ4v) is 2.40. The van der Waals surface area contributed by atoms with Crippen LogP contribution in [0, 0.1) is 0 Å². The maximum Gasteiger partial charge on any atom is 0.363 e. The minimum Gasteiger partial charge on any atom is -0.497 e. The van der Waals surface area contributed by atoms with Crippen LogP contribution in [-0.2, 0) is 9.53 Å². The highest BCUT2D eigenvalue weighted by molar-refractivity contribution is 6.12. The van der Waals surface area contributed by atoms with Gasteiger partial charge in [0.2, 0.25) is 5.90 Å². The van der Waals surface area contributed by atoms with Crippen LogP contribution in [0.4, 0.5) is 0 Å². The van der Waals surface area contributed by atoms with E-state index < -0.39 is 5.97 Å². The summed E-state index contributed by atoms with van der Waals surface area (Å²) in [6, 6.07) is 15.3. The van der Waals surface area contributed by atoms with Crippen LogP contribution in [0.3, 0.4) is 0 Å². The third-order valence-corrected chi connectivity index (χ3v) is 3.86. The Morgan fingerprint density at radius 3 is 2.29 bits per heavy atom. The predicted octanol–water partition coefficient (Wildman–Crippen LogP) is 4.16. The van der Waals surface area contributed by atoms with Crippen molar-refractivity contribution < 1.29 is 14.3 Å². The molecule has 4 nitrogen and oxygen atoms in total. The number of hydrogen-bond donors (Lipinski definition) is 0. The molecular weight excluding hydrogens is 302 g/mol. The number of methoxy groups -OCH3 is 1. The van der Waals surface area contributed by atoms with Crippen molar-refractivity contribution >= 4 is 17.9 Å². The molecule has 1 aliphatic rings. The van der Waals surface area contributed by atoms with Gasteiger partial charge in [0.05, 0.1) is 7.11 Å². The standard InChI is InChI=1S/C20H19NO3/c1-13(2)15-6-8-16(9-7-15)19-21-18(20(22)24-19)12-14-4-10-17(23-3)11-5-14/h4-13H,1-3H3/b18-12-. The topological polar surface area (TPSA) is 47.9 Å². The van der Waals surface area contributed by atoms with Crippen molar-refractivity contribution in [3.8, 4) is 5.75 Å². The molecule has 0 saturated carbocycles. The number of benzene rings is 2. The molecule has 0 N–H and O–H groups in total. The molecule has 0 saturated heterocycles. The van der Waals surface area contributed by atoms with E-state index in [1.54, 1.807) is 13.2 Å². The van der Waals surface area contributed by atoms with E-state index in [0.29, 0.717) is 17.5 Å². The van der Waals surface area contributed by atoms with Gasteiger partial charge in [-0.25, -0.2) is 9.79 Å². The lowest BCUT2D eigenvalue weighted by atomic mass is 10.0. The normalized spacial score (nSPS) is 15.6. The van der Waals surface area contributed by atoms with E-state index in [0.717, 1.165) is 16.9 Å². The quantitative estimate of drug-likeness (QED) is 0.627. The summed E-state index contributed by atoms with van der Waals surface area (Å²) in [6.45, 7) is 4.27. The van der Waals surface area contributed by atoms with Gasteiger partial charge in [0.15, 0.2) is 5.70 Å². The van der Waals surface area contributed by atoms with Gasteiger partial charge in [-0.05, 0) is 47.4 Å². The number of carbonyl (C=O) groups is 1. The second-order valence-electron chi connectivity index (χ2n) is 5.89. The summed E-state index contributed by atoms with van der Waals surface area (Å²) >= 11 is 0. The Bertz CT molecular complexity index is 800. The zero-order chi connectivity index (χ0) is 17.1. The Morgan fingerprint density at radius 2 is 1.71 bits per heavy atom. The van der Waals surface area contributed by atoms with Gasteiger partial charge >= 0.3 is 5.97 Å². The molecule has 3 rings (SSSR count). The van der Waals surface area contributed by atoms with Crippen LogP contribution in [0.15, 0.2) is 59.2 Å². The van der Waals surface area contributed by atoms with Crippen molar-refractivity contribution in [2.45, 2.75) is 19.8 Å². The van der Waals surface area contributed by atoms with Gasteiger partial charge in [-0.1, -0.05) is 38.1 Å². The Labute approximate surface area is 141 Å². The zero-order valence-electron chi connectivity index (χ0n) is 13.9. The first kappa shape index (κ1) is 16.0. The van der Waals surface area contributed by atoms with E-state index in [-0.39, 0.29) is 0 Å². The number of rotatable bonds is 4. The molecule has 0 amide bonds. The lowest BCUT2D eigenvalue weighted by Gasteiger charge is -2.05. The lowest BCUT2D eigenvalue weighted by Crippen LogP contribution is -2.05. The van der Waals surface area contributed by atoms with Crippen LogP contribution in [0.25, 0.3) is 6.08 Å². The van der Waals surface area contributed by atoms with E-state index >= 15 is 0 Å². The van der Waals surface area contributed by atoms with Gasteiger partial charge in [0.25, 0.3) is 0 Å². The molecule has 1 heterocycles. The SMILES string of the molecule is COc1ccc(/C=C2\N=C(c3ccc(C(C)C)cc3)OC2=O)cc1. The van der Waals surface area contributed by atoms with Gasteiger partial charge in [0.1, 0.15) is 5.75 Å². The Balaban J connectivity index is 1.85. The molecule has 0 fully saturated rings. The summed E-state index contributed by atoms with van der Waals surface area (Å²) in [6.07, 6.45) is 1.71. The van der Waals surface area contributed by atoms with Crippen molar-refractivity contribution in [3.63, 3.8) is 0 Å². The molecule has 24 heavy (non-hydrogen) atoms. The molecule has 0 aliphatic carbocycles. The molecule has 0 aromatic heterocycles. The summed E-state index contributed by atoms with van der Waals surface area (Å²) in [7, 11) is 1.61. The molecule has 0 spiro atoms. The molecule has 4 heteroatoms. The van der Waals surface area contributed by atoms with E-state index in [1.807, 2.05) is 48.5 Å². The molecule has 122 valence electrons. The maximum absolute atomic E-state index is 12.0.